The van der Waals surface area contributed by atoms with Gasteiger partial charge in [0.25, 0.3) is 0 Å². The SMILES string of the molecule is N#Cc1ccc(C(=O)C[n+]2ccc(Cc3ccccc3)cc2)cc1.[Br-]. The van der Waals surface area contributed by atoms with Crippen molar-refractivity contribution < 1.29 is 26.3 Å². The van der Waals surface area contributed by atoms with E-state index in [0.29, 0.717) is 11.1 Å². The lowest BCUT2D eigenvalue weighted by atomic mass is 10.1. The van der Waals surface area contributed by atoms with Crippen LogP contribution in [-0.4, -0.2) is 5.78 Å². The largest absolute Gasteiger partial charge is 1.00 e. The fraction of sp³-hybridized carbons (Fsp3) is 0.0952. The van der Waals surface area contributed by atoms with Crippen molar-refractivity contribution in [2.24, 2.45) is 0 Å². The normalized spacial score (nSPS) is 9.72. The van der Waals surface area contributed by atoms with Crippen LogP contribution in [0.2, 0.25) is 0 Å². The summed E-state index contributed by atoms with van der Waals surface area (Å²) in [6.45, 7) is 0.289. The highest BCUT2D eigenvalue weighted by Gasteiger charge is 2.12. The van der Waals surface area contributed by atoms with E-state index in [1.165, 1.54) is 11.1 Å². The van der Waals surface area contributed by atoms with E-state index in [1.807, 2.05) is 47.3 Å². The van der Waals surface area contributed by atoms with Gasteiger partial charge in [-0.2, -0.15) is 9.83 Å². The van der Waals surface area contributed by atoms with Gasteiger partial charge in [0.1, 0.15) is 0 Å². The maximum Gasteiger partial charge on any atom is 0.227 e. The van der Waals surface area contributed by atoms with Crippen molar-refractivity contribution in [2.75, 3.05) is 0 Å². The fourth-order valence-corrected chi connectivity index (χ4v) is 2.53. The predicted octanol–water partition coefficient (Wildman–Crippen LogP) is 0.323. The molecule has 0 atom stereocenters. The quantitative estimate of drug-likeness (QED) is 0.463. The fourth-order valence-electron chi connectivity index (χ4n) is 2.53. The van der Waals surface area contributed by atoms with Crippen molar-refractivity contribution in [3.63, 3.8) is 0 Å². The van der Waals surface area contributed by atoms with Crippen molar-refractivity contribution in [2.45, 2.75) is 13.0 Å². The molecule has 0 saturated carbocycles. The second kappa shape index (κ2) is 8.91. The van der Waals surface area contributed by atoms with Gasteiger partial charge in [-0.05, 0) is 41.8 Å². The number of carbonyl (C=O) groups is 1. The first-order valence-corrected chi connectivity index (χ1v) is 7.80. The van der Waals surface area contributed by atoms with Crippen molar-refractivity contribution in [1.82, 2.24) is 0 Å². The van der Waals surface area contributed by atoms with Gasteiger partial charge in [0.05, 0.1) is 11.6 Å². The Morgan fingerprint density at radius 3 is 2.08 bits per heavy atom. The highest BCUT2D eigenvalue weighted by atomic mass is 79.9. The zero-order valence-corrected chi connectivity index (χ0v) is 15.2. The minimum absolute atomic E-state index is 0. The summed E-state index contributed by atoms with van der Waals surface area (Å²) in [7, 11) is 0. The third-order valence-electron chi connectivity index (χ3n) is 3.87. The monoisotopic (exact) mass is 392 g/mol. The number of halogens is 1. The standard InChI is InChI=1S/C21H17N2O.BrH/c22-15-19-6-8-20(9-7-19)21(24)16-23-12-10-18(11-13-23)14-17-4-2-1-3-5-17;/h1-13H,14,16H2;1H/q+1;/p-1. The number of rotatable bonds is 5. The molecule has 1 aromatic heterocycles. The molecule has 0 fully saturated rings. The lowest BCUT2D eigenvalue weighted by Crippen LogP contribution is -3.00. The van der Waals surface area contributed by atoms with Gasteiger partial charge in [0.2, 0.25) is 12.3 Å². The molecule has 0 spiro atoms. The number of aromatic nitrogens is 1. The topological polar surface area (TPSA) is 44.7 Å². The Morgan fingerprint density at radius 2 is 1.48 bits per heavy atom. The van der Waals surface area contributed by atoms with Crippen molar-refractivity contribution in [3.05, 3.63) is 101 Å². The zero-order chi connectivity index (χ0) is 16.8. The summed E-state index contributed by atoms with van der Waals surface area (Å²) in [6, 6.07) is 23.2. The van der Waals surface area contributed by atoms with Gasteiger partial charge in [0, 0.05) is 17.7 Å². The van der Waals surface area contributed by atoms with Crippen LogP contribution < -0.4 is 21.5 Å². The highest BCUT2D eigenvalue weighted by Crippen LogP contribution is 2.08. The number of Topliss-reactive ketones (excluding diaryl/α,β-unsaturated/α-hetero) is 1. The Hall–Kier alpha value is -2.77. The first-order valence-electron chi connectivity index (χ1n) is 7.80. The second-order valence-corrected chi connectivity index (χ2v) is 5.65. The van der Waals surface area contributed by atoms with Gasteiger partial charge < -0.3 is 17.0 Å². The minimum atomic E-state index is 0. The van der Waals surface area contributed by atoms with Crippen molar-refractivity contribution in [1.29, 1.82) is 5.26 Å². The van der Waals surface area contributed by atoms with E-state index in [-0.39, 0.29) is 29.3 Å². The lowest BCUT2D eigenvalue weighted by Gasteiger charge is -2.02. The molecule has 0 radical (unpaired) electrons. The van der Waals surface area contributed by atoms with Crippen LogP contribution in [0.1, 0.15) is 27.0 Å². The van der Waals surface area contributed by atoms with Crippen LogP contribution in [0.25, 0.3) is 0 Å². The first-order chi connectivity index (χ1) is 11.7. The van der Waals surface area contributed by atoms with E-state index in [1.54, 1.807) is 24.3 Å². The summed E-state index contributed by atoms with van der Waals surface area (Å²) in [5.74, 6) is 0.0281. The smallest absolute Gasteiger partial charge is 0.227 e. The van der Waals surface area contributed by atoms with Crippen LogP contribution in [0, 0.1) is 11.3 Å². The van der Waals surface area contributed by atoms with E-state index in [2.05, 4.69) is 18.2 Å². The number of nitrogens with zero attached hydrogens (tertiary/aromatic N) is 2. The third-order valence-corrected chi connectivity index (χ3v) is 3.87. The van der Waals surface area contributed by atoms with E-state index < -0.39 is 0 Å². The second-order valence-electron chi connectivity index (χ2n) is 5.65. The Bertz CT molecular complexity index is 867. The van der Waals surface area contributed by atoms with Gasteiger partial charge in [0.15, 0.2) is 12.4 Å². The Morgan fingerprint density at radius 1 is 0.880 bits per heavy atom. The molecule has 3 rings (SSSR count). The molecule has 2 aromatic carbocycles. The molecule has 0 saturated heterocycles. The summed E-state index contributed by atoms with van der Waals surface area (Å²) in [5.41, 5.74) is 3.66. The highest BCUT2D eigenvalue weighted by molar-refractivity contribution is 5.95. The van der Waals surface area contributed by atoms with Gasteiger partial charge in [-0.25, -0.2) is 0 Å². The average molecular weight is 393 g/mol. The van der Waals surface area contributed by atoms with E-state index in [9.17, 15) is 4.79 Å². The number of carbonyl (C=O) groups excluding carboxylic acids is 1. The maximum absolute atomic E-state index is 12.3. The molecule has 0 N–H and O–H groups in total. The molecule has 0 amide bonds. The summed E-state index contributed by atoms with van der Waals surface area (Å²) >= 11 is 0. The Balaban J connectivity index is 0.00000225. The molecule has 1 heterocycles. The van der Waals surface area contributed by atoms with Gasteiger partial charge in [-0.1, -0.05) is 30.3 Å². The molecule has 0 aliphatic heterocycles. The minimum Gasteiger partial charge on any atom is -1.00 e. The molecule has 3 aromatic rings. The third kappa shape index (κ3) is 5.10. The molecule has 124 valence electrons. The first kappa shape index (κ1) is 18.6. The van der Waals surface area contributed by atoms with Gasteiger partial charge in [-0.15, -0.1) is 0 Å². The molecule has 0 aliphatic carbocycles. The predicted molar refractivity (Wildman–Crippen MR) is 91.4 cm³/mol. The van der Waals surface area contributed by atoms with Gasteiger partial charge in [-0.3, -0.25) is 4.79 Å². The Kier molecular flexibility index (Phi) is 6.62. The van der Waals surface area contributed by atoms with E-state index >= 15 is 0 Å². The zero-order valence-electron chi connectivity index (χ0n) is 13.6. The molecule has 4 heteroatoms. The molecule has 0 unspecified atom stereocenters. The lowest BCUT2D eigenvalue weighted by molar-refractivity contribution is -0.683. The summed E-state index contributed by atoms with van der Waals surface area (Å²) in [5, 5.41) is 8.79. The molecular formula is C21H17BrN2O. The Labute approximate surface area is 158 Å². The summed E-state index contributed by atoms with van der Waals surface area (Å²) in [4.78, 5) is 12.3. The van der Waals surface area contributed by atoms with Crippen LogP contribution in [0.15, 0.2) is 79.1 Å². The number of nitriles is 1. The van der Waals surface area contributed by atoms with Crippen LogP contribution in [0.4, 0.5) is 0 Å². The summed E-state index contributed by atoms with van der Waals surface area (Å²) < 4.78 is 1.87. The van der Waals surface area contributed by atoms with Crippen LogP contribution in [0.3, 0.4) is 0 Å². The molecule has 0 aliphatic rings. The molecular weight excluding hydrogens is 376 g/mol. The number of hydrogen-bond donors (Lipinski definition) is 0. The van der Waals surface area contributed by atoms with Crippen molar-refractivity contribution >= 4 is 5.78 Å². The number of benzene rings is 2. The van der Waals surface area contributed by atoms with Crippen LogP contribution >= 0.6 is 0 Å². The van der Waals surface area contributed by atoms with Crippen molar-refractivity contribution in [3.8, 4) is 6.07 Å². The number of ketones is 1. The molecule has 25 heavy (non-hydrogen) atoms. The van der Waals surface area contributed by atoms with Crippen LogP contribution in [0.5, 0.6) is 0 Å². The van der Waals surface area contributed by atoms with E-state index in [0.717, 1.165) is 6.42 Å². The van der Waals surface area contributed by atoms with Gasteiger partial charge >= 0.3 is 0 Å². The number of pyridine rings is 1. The molecule has 3 nitrogen and oxygen atoms in total. The van der Waals surface area contributed by atoms with E-state index in [4.69, 9.17) is 5.26 Å². The maximum atomic E-state index is 12.3. The summed E-state index contributed by atoms with van der Waals surface area (Å²) in [6.07, 6.45) is 4.74. The number of hydrogen-bond acceptors (Lipinski definition) is 2. The average Bonchev–Trinajstić information content (AvgIpc) is 2.64. The molecule has 0 bridgehead atoms. The van der Waals surface area contributed by atoms with Crippen LogP contribution in [-0.2, 0) is 13.0 Å².